The van der Waals surface area contributed by atoms with Crippen molar-refractivity contribution in [1.29, 1.82) is 0 Å². The van der Waals surface area contributed by atoms with Crippen LogP contribution in [-0.4, -0.2) is 47.5 Å². The van der Waals surface area contributed by atoms with Crippen molar-refractivity contribution in [3.63, 3.8) is 0 Å². The first-order valence-corrected chi connectivity index (χ1v) is 7.89. The van der Waals surface area contributed by atoms with Crippen LogP contribution in [-0.2, 0) is 4.79 Å². The molecule has 2 N–H and O–H groups in total. The third-order valence-electron chi connectivity index (χ3n) is 4.46. The first-order valence-electron chi connectivity index (χ1n) is 7.89. The van der Waals surface area contributed by atoms with Gasteiger partial charge < -0.3 is 20.0 Å². The number of fused-ring (bicyclic) bond motifs is 1. The number of aromatic nitrogens is 1. The van der Waals surface area contributed by atoms with Crippen LogP contribution in [0.2, 0.25) is 0 Å². The Balaban J connectivity index is 1.50. The minimum atomic E-state index is -0.468. The highest BCUT2D eigenvalue weighted by atomic mass is 16.3. The summed E-state index contributed by atoms with van der Waals surface area (Å²) in [5.41, 5.74) is 1.62. The van der Waals surface area contributed by atoms with Crippen LogP contribution in [0, 0.1) is 0 Å². The summed E-state index contributed by atoms with van der Waals surface area (Å²) in [5.74, 6) is 0.756. The number of hydrogen-bond acceptors (Lipinski definition) is 4. The maximum atomic E-state index is 12.5. The minimum absolute atomic E-state index is 0.0378. The fourth-order valence-electron chi connectivity index (χ4n) is 3.27. The number of carbonyl (C=O) groups excluding carboxylic acids is 2. The van der Waals surface area contributed by atoms with Crippen LogP contribution >= 0.6 is 0 Å². The maximum absolute atomic E-state index is 12.5. The van der Waals surface area contributed by atoms with Crippen LogP contribution in [0.3, 0.4) is 0 Å². The maximum Gasteiger partial charge on any atom is 0.315 e. The van der Waals surface area contributed by atoms with E-state index in [1.165, 1.54) is 0 Å². The number of piperidine rings is 1. The van der Waals surface area contributed by atoms with Gasteiger partial charge in [0.1, 0.15) is 11.6 Å². The van der Waals surface area contributed by atoms with Crippen molar-refractivity contribution in [2.45, 2.75) is 24.8 Å². The van der Waals surface area contributed by atoms with E-state index in [1.54, 1.807) is 4.90 Å². The SMILES string of the molecule is O=C1NC[C@H](C(=O)N2CCC[C@@H](c3nc4ccccc4o3)C2)N1. The molecule has 0 aliphatic carbocycles. The van der Waals surface area contributed by atoms with E-state index in [0.29, 0.717) is 25.5 Å². The smallest absolute Gasteiger partial charge is 0.315 e. The van der Waals surface area contributed by atoms with Gasteiger partial charge in [-0.1, -0.05) is 12.1 Å². The molecule has 2 aromatic rings. The van der Waals surface area contributed by atoms with Crippen molar-refractivity contribution in [2.24, 2.45) is 0 Å². The molecule has 4 rings (SSSR count). The van der Waals surface area contributed by atoms with E-state index < -0.39 is 6.04 Å². The molecular weight excluding hydrogens is 296 g/mol. The highest BCUT2D eigenvalue weighted by molar-refractivity contribution is 5.90. The number of amides is 3. The Hall–Kier alpha value is -2.57. The Morgan fingerprint density at radius 3 is 3.00 bits per heavy atom. The number of para-hydroxylation sites is 2. The quantitative estimate of drug-likeness (QED) is 0.872. The van der Waals surface area contributed by atoms with Crippen LogP contribution < -0.4 is 10.6 Å². The number of oxazole rings is 1. The Labute approximate surface area is 133 Å². The molecule has 7 heteroatoms. The van der Waals surface area contributed by atoms with Crippen molar-refractivity contribution in [3.8, 4) is 0 Å². The van der Waals surface area contributed by atoms with Gasteiger partial charge in [-0.2, -0.15) is 0 Å². The van der Waals surface area contributed by atoms with Gasteiger partial charge in [0.2, 0.25) is 5.91 Å². The van der Waals surface area contributed by atoms with Gasteiger partial charge in [0.05, 0.1) is 5.92 Å². The van der Waals surface area contributed by atoms with Crippen molar-refractivity contribution in [3.05, 3.63) is 30.2 Å². The molecule has 0 bridgehead atoms. The van der Waals surface area contributed by atoms with Crippen molar-refractivity contribution in [1.82, 2.24) is 20.5 Å². The van der Waals surface area contributed by atoms with E-state index in [1.807, 2.05) is 24.3 Å². The average Bonchev–Trinajstić information content (AvgIpc) is 3.20. The predicted molar refractivity (Wildman–Crippen MR) is 82.9 cm³/mol. The summed E-state index contributed by atoms with van der Waals surface area (Å²) >= 11 is 0. The molecule has 2 aliphatic rings. The molecule has 3 amide bonds. The van der Waals surface area contributed by atoms with E-state index in [2.05, 4.69) is 15.6 Å². The van der Waals surface area contributed by atoms with E-state index in [4.69, 9.17) is 4.42 Å². The van der Waals surface area contributed by atoms with E-state index in [9.17, 15) is 9.59 Å². The molecular formula is C16H18N4O3. The molecule has 7 nitrogen and oxygen atoms in total. The van der Waals surface area contributed by atoms with Crippen LogP contribution in [0.15, 0.2) is 28.7 Å². The molecule has 3 heterocycles. The Morgan fingerprint density at radius 1 is 1.35 bits per heavy atom. The van der Waals surface area contributed by atoms with E-state index in [-0.39, 0.29) is 17.9 Å². The lowest BCUT2D eigenvalue weighted by Crippen LogP contribution is -2.48. The fourth-order valence-corrected chi connectivity index (χ4v) is 3.27. The van der Waals surface area contributed by atoms with Gasteiger partial charge in [0, 0.05) is 19.6 Å². The molecule has 2 atom stereocenters. The lowest BCUT2D eigenvalue weighted by atomic mass is 9.97. The van der Waals surface area contributed by atoms with Crippen LogP contribution in [0.4, 0.5) is 4.79 Å². The number of urea groups is 1. The molecule has 1 aromatic carbocycles. The molecule has 0 saturated carbocycles. The van der Waals surface area contributed by atoms with Gasteiger partial charge >= 0.3 is 6.03 Å². The second-order valence-electron chi connectivity index (χ2n) is 6.05. The van der Waals surface area contributed by atoms with Gasteiger partial charge in [0.15, 0.2) is 11.5 Å². The number of hydrogen-bond donors (Lipinski definition) is 2. The minimum Gasteiger partial charge on any atom is -0.440 e. The number of nitrogens with one attached hydrogen (secondary N) is 2. The largest absolute Gasteiger partial charge is 0.440 e. The lowest BCUT2D eigenvalue weighted by molar-refractivity contribution is -0.134. The molecule has 23 heavy (non-hydrogen) atoms. The number of rotatable bonds is 2. The predicted octanol–water partition coefficient (Wildman–Crippen LogP) is 1.22. The molecule has 0 radical (unpaired) electrons. The Bertz CT molecular complexity index is 724. The summed E-state index contributed by atoms with van der Waals surface area (Å²) in [5, 5.41) is 5.27. The number of nitrogens with zero attached hydrogens (tertiary/aromatic N) is 2. The molecule has 2 fully saturated rings. The van der Waals surface area contributed by atoms with Gasteiger partial charge in [-0.05, 0) is 25.0 Å². The summed E-state index contributed by atoms with van der Waals surface area (Å²) in [6.07, 6.45) is 1.86. The summed E-state index contributed by atoms with van der Waals surface area (Å²) in [6.45, 7) is 1.64. The number of carbonyl (C=O) groups is 2. The normalized spacial score (nSPS) is 24.5. The first-order chi connectivity index (χ1) is 11.2. The van der Waals surface area contributed by atoms with Gasteiger partial charge in [0.25, 0.3) is 0 Å². The summed E-state index contributed by atoms with van der Waals surface area (Å²) in [6, 6.07) is 6.93. The third-order valence-corrected chi connectivity index (χ3v) is 4.46. The van der Waals surface area contributed by atoms with Gasteiger partial charge in [-0.3, -0.25) is 4.79 Å². The van der Waals surface area contributed by atoms with Crippen molar-refractivity contribution < 1.29 is 14.0 Å². The van der Waals surface area contributed by atoms with Gasteiger partial charge in [-0.15, -0.1) is 0 Å². The molecule has 2 saturated heterocycles. The zero-order valence-electron chi connectivity index (χ0n) is 12.6. The third kappa shape index (κ3) is 2.62. The fraction of sp³-hybridized carbons (Fsp3) is 0.438. The Morgan fingerprint density at radius 2 is 2.22 bits per heavy atom. The second kappa shape index (κ2) is 5.57. The molecule has 0 unspecified atom stereocenters. The zero-order chi connectivity index (χ0) is 15.8. The van der Waals surface area contributed by atoms with E-state index in [0.717, 1.165) is 23.9 Å². The van der Waals surface area contributed by atoms with Crippen LogP contribution in [0.1, 0.15) is 24.7 Å². The molecule has 1 aromatic heterocycles. The molecule has 2 aliphatic heterocycles. The first kappa shape index (κ1) is 14.0. The monoisotopic (exact) mass is 314 g/mol. The highest BCUT2D eigenvalue weighted by Crippen LogP contribution is 2.29. The molecule has 0 spiro atoms. The average molecular weight is 314 g/mol. The zero-order valence-corrected chi connectivity index (χ0v) is 12.6. The van der Waals surface area contributed by atoms with Crippen LogP contribution in [0.25, 0.3) is 11.1 Å². The summed E-state index contributed by atoms with van der Waals surface area (Å²) in [4.78, 5) is 30.1. The highest BCUT2D eigenvalue weighted by Gasteiger charge is 2.34. The second-order valence-corrected chi connectivity index (χ2v) is 6.05. The van der Waals surface area contributed by atoms with Crippen molar-refractivity contribution in [2.75, 3.05) is 19.6 Å². The number of likely N-dealkylation sites (tertiary alicyclic amines) is 1. The number of benzene rings is 1. The van der Waals surface area contributed by atoms with E-state index >= 15 is 0 Å². The van der Waals surface area contributed by atoms with Crippen LogP contribution in [0.5, 0.6) is 0 Å². The Kier molecular flexibility index (Phi) is 3.40. The summed E-state index contributed by atoms with van der Waals surface area (Å²) in [7, 11) is 0. The molecule has 120 valence electrons. The van der Waals surface area contributed by atoms with Crippen molar-refractivity contribution >= 4 is 23.0 Å². The van der Waals surface area contributed by atoms with Gasteiger partial charge in [-0.25, -0.2) is 9.78 Å². The summed E-state index contributed by atoms with van der Waals surface area (Å²) < 4.78 is 5.85. The standard InChI is InChI=1S/C16H18N4O3/c21-15(12-8-17-16(22)19-12)20-7-3-4-10(9-20)14-18-11-5-1-2-6-13(11)23-14/h1-2,5-6,10,12H,3-4,7-9H2,(H2,17,19,22)/t10-,12-/m1/s1. The topological polar surface area (TPSA) is 87.5 Å². The lowest BCUT2D eigenvalue weighted by Gasteiger charge is -2.32.